The first kappa shape index (κ1) is 12.9. The van der Waals surface area contributed by atoms with E-state index in [4.69, 9.17) is 4.42 Å². The number of carbonyl (C=O) groups is 1. The van der Waals surface area contributed by atoms with Crippen LogP contribution in [-0.2, 0) is 0 Å². The van der Waals surface area contributed by atoms with Crippen LogP contribution in [0.1, 0.15) is 49.2 Å². The molecule has 0 aliphatic heterocycles. The van der Waals surface area contributed by atoms with Crippen molar-refractivity contribution in [1.82, 2.24) is 0 Å². The van der Waals surface area contributed by atoms with Crippen LogP contribution in [0.3, 0.4) is 0 Å². The summed E-state index contributed by atoms with van der Waals surface area (Å²) in [4.78, 5) is 12.2. The molecule has 2 rings (SSSR count). The normalized spacial score (nSPS) is 12.8. The van der Waals surface area contributed by atoms with Crippen LogP contribution in [0.4, 0.5) is 0 Å². The molecule has 0 saturated carbocycles. The summed E-state index contributed by atoms with van der Waals surface area (Å²) >= 11 is 0. The standard InChI is InChI=1S/C16H20O2/c1-4-5-6-12(3)16(17)15-10-13-9-11(2)7-8-14(13)18-15/h7-10,12H,4-6H2,1-3H3. The van der Waals surface area contributed by atoms with Crippen LogP contribution in [0.15, 0.2) is 28.7 Å². The van der Waals surface area contributed by atoms with E-state index >= 15 is 0 Å². The number of aryl methyl sites for hydroxylation is 1. The molecular formula is C16H20O2. The van der Waals surface area contributed by atoms with Crippen molar-refractivity contribution < 1.29 is 9.21 Å². The lowest BCUT2D eigenvalue weighted by molar-refractivity contribution is 0.0896. The van der Waals surface area contributed by atoms with E-state index < -0.39 is 0 Å². The van der Waals surface area contributed by atoms with E-state index in [-0.39, 0.29) is 11.7 Å². The van der Waals surface area contributed by atoms with Gasteiger partial charge in [-0.3, -0.25) is 4.79 Å². The first-order valence-corrected chi connectivity index (χ1v) is 6.66. The Balaban J connectivity index is 2.22. The molecule has 18 heavy (non-hydrogen) atoms. The van der Waals surface area contributed by atoms with Crippen molar-refractivity contribution in [3.05, 3.63) is 35.6 Å². The average Bonchev–Trinajstić information content (AvgIpc) is 2.77. The second-order valence-corrected chi connectivity index (χ2v) is 5.06. The van der Waals surface area contributed by atoms with Gasteiger partial charge in [-0.1, -0.05) is 38.3 Å². The van der Waals surface area contributed by atoms with Crippen molar-refractivity contribution in [2.75, 3.05) is 0 Å². The van der Waals surface area contributed by atoms with Gasteiger partial charge in [0.25, 0.3) is 0 Å². The van der Waals surface area contributed by atoms with Gasteiger partial charge in [0.15, 0.2) is 5.76 Å². The zero-order valence-electron chi connectivity index (χ0n) is 11.3. The molecule has 0 N–H and O–H groups in total. The highest BCUT2D eigenvalue weighted by Gasteiger charge is 2.18. The van der Waals surface area contributed by atoms with E-state index in [9.17, 15) is 4.79 Å². The minimum Gasteiger partial charge on any atom is -0.453 e. The number of furan rings is 1. The number of unbranched alkanes of at least 4 members (excludes halogenated alkanes) is 1. The highest BCUT2D eigenvalue weighted by Crippen LogP contribution is 2.23. The minimum atomic E-state index is 0.0478. The average molecular weight is 244 g/mol. The van der Waals surface area contributed by atoms with Crippen LogP contribution in [0.5, 0.6) is 0 Å². The Hall–Kier alpha value is -1.57. The second-order valence-electron chi connectivity index (χ2n) is 5.06. The summed E-state index contributed by atoms with van der Waals surface area (Å²) < 4.78 is 5.64. The number of carbonyl (C=O) groups excluding carboxylic acids is 1. The highest BCUT2D eigenvalue weighted by atomic mass is 16.3. The predicted octanol–water partition coefficient (Wildman–Crippen LogP) is 4.75. The molecule has 96 valence electrons. The number of benzene rings is 1. The van der Waals surface area contributed by atoms with Gasteiger partial charge in [-0.2, -0.15) is 0 Å². The second kappa shape index (κ2) is 5.38. The van der Waals surface area contributed by atoms with Crippen molar-refractivity contribution in [2.45, 2.75) is 40.0 Å². The molecule has 1 heterocycles. The van der Waals surface area contributed by atoms with Crippen molar-refractivity contribution in [3.8, 4) is 0 Å². The fraction of sp³-hybridized carbons (Fsp3) is 0.438. The van der Waals surface area contributed by atoms with Gasteiger partial charge < -0.3 is 4.42 Å². The fourth-order valence-corrected chi connectivity index (χ4v) is 2.17. The molecule has 2 heteroatoms. The Morgan fingerprint density at radius 2 is 2.11 bits per heavy atom. The fourth-order valence-electron chi connectivity index (χ4n) is 2.17. The van der Waals surface area contributed by atoms with E-state index in [2.05, 4.69) is 6.92 Å². The number of hydrogen-bond acceptors (Lipinski definition) is 2. The Kier molecular flexibility index (Phi) is 3.85. The summed E-state index contributed by atoms with van der Waals surface area (Å²) in [6.45, 7) is 6.16. The van der Waals surface area contributed by atoms with Gasteiger partial charge in [-0.15, -0.1) is 0 Å². The molecule has 0 fully saturated rings. The number of Topliss-reactive ketones (excluding diaryl/α,β-unsaturated/α-hetero) is 1. The van der Waals surface area contributed by atoms with Gasteiger partial charge in [0.1, 0.15) is 5.58 Å². The quantitative estimate of drug-likeness (QED) is 0.710. The Morgan fingerprint density at radius 1 is 1.33 bits per heavy atom. The molecule has 0 aliphatic rings. The molecule has 1 aromatic carbocycles. The van der Waals surface area contributed by atoms with Crippen LogP contribution in [0.2, 0.25) is 0 Å². The van der Waals surface area contributed by atoms with Crippen LogP contribution < -0.4 is 0 Å². The predicted molar refractivity (Wildman–Crippen MR) is 74.0 cm³/mol. The maximum absolute atomic E-state index is 12.2. The zero-order valence-corrected chi connectivity index (χ0v) is 11.3. The first-order valence-electron chi connectivity index (χ1n) is 6.66. The molecule has 0 amide bonds. The summed E-state index contributed by atoms with van der Waals surface area (Å²) in [5.41, 5.74) is 1.98. The molecule has 0 spiro atoms. The molecular weight excluding hydrogens is 224 g/mol. The van der Waals surface area contributed by atoms with E-state index in [0.717, 1.165) is 30.2 Å². The van der Waals surface area contributed by atoms with Crippen molar-refractivity contribution in [3.63, 3.8) is 0 Å². The van der Waals surface area contributed by atoms with Gasteiger partial charge in [-0.05, 0) is 31.5 Å². The lowest BCUT2D eigenvalue weighted by Gasteiger charge is -2.06. The van der Waals surface area contributed by atoms with Gasteiger partial charge in [0.2, 0.25) is 5.78 Å². The summed E-state index contributed by atoms with van der Waals surface area (Å²) in [7, 11) is 0. The van der Waals surface area contributed by atoms with Gasteiger partial charge in [0, 0.05) is 11.3 Å². The molecule has 1 aromatic heterocycles. The largest absolute Gasteiger partial charge is 0.453 e. The lowest BCUT2D eigenvalue weighted by Crippen LogP contribution is -2.10. The Morgan fingerprint density at radius 3 is 2.83 bits per heavy atom. The summed E-state index contributed by atoms with van der Waals surface area (Å²) in [6, 6.07) is 7.85. The van der Waals surface area contributed by atoms with E-state index in [1.807, 2.05) is 38.1 Å². The Bertz CT molecular complexity index is 551. The van der Waals surface area contributed by atoms with Crippen LogP contribution >= 0.6 is 0 Å². The zero-order chi connectivity index (χ0) is 13.1. The van der Waals surface area contributed by atoms with Crippen LogP contribution in [0.25, 0.3) is 11.0 Å². The molecule has 2 nitrogen and oxygen atoms in total. The lowest BCUT2D eigenvalue weighted by atomic mass is 9.98. The number of rotatable bonds is 5. The maximum atomic E-state index is 12.2. The third-order valence-corrected chi connectivity index (χ3v) is 3.35. The summed E-state index contributed by atoms with van der Waals surface area (Å²) in [5.74, 6) is 0.670. The van der Waals surface area contributed by atoms with Crippen molar-refractivity contribution in [2.24, 2.45) is 5.92 Å². The third kappa shape index (κ3) is 2.63. The number of ketones is 1. The molecule has 0 bridgehead atoms. The van der Waals surface area contributed by atoms with Gasteiger partial charge in [-0.25, -0.2) is 0 Å². The molecule has 0 saturated heterocycles. The molecule has 1 atom stereocenters. The smallest absolute Gasteiger partial charge is 0.200 e. The summed E-state index contributed by atoms with van der Waals surface area (Å²) in [5, 5.41) is 1.01. The minimum absolute atomic E-state index is 0.0478. The highest BCUT2D eigenvalue weighted by molar-refractivity contribution is 5.98. The monoisotopic (exact) mass is 244 g/mol. The number of hydrogen-bond donors (Lipinski definition) is 0. The first-order chi connectivity index (χ1) is 8.61. The molecule has 2 aromatic rings. The van der Waals surface area contributed by atoms with E-state index in [1.165, 1.54) is 5.56 Å². The molecule has 0 aliphatic carbocycles. The van der Waals surface area contributed by atoms with Crippen LogP contribution in [-0.4, -0.2) is 5.78 Å². The Labute approximate surface area is 108 Å². The van der Waals surface area contributed by atoms with Gasteiger partial charge in [0.05, 0.1) is 0 Å². The SMILES string of the molecule is CCCCC(C)C(=O)c1cc2cc(C)ccc2o1. The molecule has 0 radical (unpaired) electrons. The van der Waals surface area contributed by atoms with Crippen molar-refractivity contribution >= 4 is 16.8 Å². The van der Waals surface area contributed by atoms with Crippen molar-refractivity contribution in [1.29, 1.82) is 0 Å². The number of fused-ring (bicyclic) bond motifs is 1. The van der Waals surface area contributed by atoms with E-state index in [0.29, 0.717) is 5.76 Å². The molecule has 1 unspecified atom stereocenters. The maximum Gasteiger partial charge on any atom is 0.200 e. The van der Waals surface area contributed by atoms with Gasteiger partial charge >= 0.3 is 0 Å². The van der Waals surface area contributed by atoms with E-state index in [1.54, 1.807) is 0 Å². The van der Waals surface area contributed by atoms with Crippen LogP contribution in [0, 0.1) is 12.8 Å². The summed E-state index contributed by atoms with van der Waals surface area (Å²) in [6.07, 6.45) is 3.15. The topological polar surface area (TPSA) is 30.2 Å². The third-order valence-electron chi connectivity index (χ3n) is 3.35.